The molecule has 0 radical (unpaired) electrons. The van der Waals surface area contributed by atoms with Gasteiger partial charge in [0.2, 0.25) is 0 Å². The number of pyridine rings is 1. The first kappa shape index (κ1) is 17.2. The second-order valence-corrected chi connectivity index (χ2v) is 6.33. The van der Waals surface area contributed by atoms with E-state index >= 15 is 0 Å². The molecular formula is C19H23N3O3. The predicted octanol–water partition coefficient (Wildman–Crippen LogP) is 2.00. The number of nitrogens with zero attached hydrogens (tertiary/aromatic N) is 1. The summed E-state index contributed by atoms with van der Waals surface area (Å²) in [6, 6.07) is 10.9. The van der Waals surface area contributed by atoms with Crippen molar-refractivity contribution in [3.63, 3.8) is 0 Å². The Morgan fingerprint density at radius 3 is 2.60 bits per heavy atom. The van der Waals surface area contributed by atoms with E-state index in [1.165, 1.54) is 0 Å². The van der Waals surface area contributed by atoms with E-state index in [4.69, 9.17) is 10.5 Å². The zero-order valence-electron chi connectivity index (χ0n) is 14.3. The standard InChI is InChI=1S/C19H23N3O3/c1-25-15-6-4-13(5-7-15)17-9-8-16(18(23)21-17)19(24)22-11-2-3-14(20)10-12-22/h4-9,14H,2-3,10-12,20H2,1H3,(H,21,23)/t14-/m1/s1. The largest absolute Gasteiger partial charge is 0.497 e. The van der Waals surface area contributed by atoms with Crippen LogP contribution in [-0.4, -0.2) is 42.0 Å². The molecule has 0 unspecified atom stereocenters. The van der Waals surface area contributed by atoms with Crippen LogP contribution in [-0.2, 0) is 0 Å². The summed E-state index contributed by atoms with van der Waals surface area (Å²) in [5, 5.41) is 0. The highest BCUT2D eigenvalue weighted by atomic mass is 16.5. The van der Waals surface area contributed by atoms with Gasteiger partial charge in [-0.15, -0.1) is 0 Å². The lowest BCUT2D eigenvalue weighted by atomic mass is 10.1. The molecule has 0 aliphatic carbocycles. The molecule has 1 saturated heterocycles. The second kappa shape index (κ2) is 7.53. The van der Waals surface area contributed by atoms with Crippen molar-refractivity contribution in [2.24, 2.45) is 5.73 Å². The van der Waals surface area contributed by atoms with Gasteiger partial charge in [-0.3, -0.25) is 9.59 Å². The third-order valence-corrected chi connectivity index (χ3v) is 4.60. The number of aromatic nitrogens is 1. The van der Waals surface area contributed by atoms with Crippen LogP contribution in [0.3, 0.4) is 0 Å². The lowest BCUT2D eigenvalue weighted by Gasteiger charge is -2.20. The number of ether oxygens (including phenoxy) is 1. The van der Waals surface area contributed by atoms with Crippen molar-refractivity contribution >= 4 is 5.91 Å². The fourth-order valence-corrected chi connectivity index (χ4v) is 3.08. The van der Waals surface area contributed by atoms with Crippen LogP contribution in [0, 0.1) is 0 Å². The molecule has 25 heavy (non-hydrogen) atoms. The number of benzene rings is 1. The molecule has 1 fully saturated rings. The quantitative estimate of drug-likeness (QED) is 0.894. The first-order chi connectivity index (χ1) is 12.1. The normalized spacial score (nSPS) is 17.8. The van der Waals surface area contributed by atoms with Gasteiger partial charge in [0.15, 0.2) is 0 Å². The van der Waals surface area contributed by atoms with Crippen LogP contribution < -0.4 is 16.0 Å². The number of hydrogen-bond acceptors (Lipinski definition) is 4. The highest BCUT2D eigenvalue weighted by Gasteiger charge is 2.22. The average Bonchev–Trinajstić information content (AvgIpc) is 2.86. The number of aromatic amines is 1. The van der Waals surface area contributed by atoms with Gasteiger partial charge in [0.25, 0.3) is 11.5 Å². The van der Waals surface area contributed by atoms with Crippen LogP contribution >= 0.6 is 0 Å². The minimum absolute atomic E-state index is 0.133. The Balaban J connectivity index is 1.81. The van der Waals surface area contributed by atoms with Crippen molar-refractivity contribution in [3.8, 4) is 17.0 Å². The van der Waals surface area contributed by atoms with Crippen molar-refractivity contribution in [1.82, 2.24) is 9.88 Å². The van der Waals surface area contributed by atoms with E-state index in [0.29, 0.717) is 18.8 Å². The third kappa shape index (κ3) is 3.91. The molecule has 6 heteroatoms. The molecule has 0 bridgehead atoms. The number of nitrogens with one attached hydrogen (secondary N) is 1. The molecule has 6 nitrogen and oxygen atoms in total. The van der Waals surface area contributed by atoms with Gasteiger partial charge < -0.3 is 20.4 Å². The number of carbonyl (C=O) groups is 1. The van der Waals surface area contributed by atoms with Crippen molar-refractivity contribution in [2.75, 3.05) is 20.2 Å². The van der Waals surface area contributed by atoms with E-state index in [1.807, 2.05) is 24.3 Å². The van der Waals surface area contributed by atoms with E-state index in [9.17, 15) is 9.59 Å². The topological polar surface area (TPSA) is 88.4 Å². The number of likely N-dealkylation sites (tertiary alicyclic amines) is 1. The van der Waals surface area contributed by atoms with Crippen LogP contribution in [0.1, 0.15) is 29.6 Å². The molecule has 2 aromatic rings. The average molecular weight is 341 g/mol. The minimum Gasteiger partial charge on any atom is -0.497 e. The molecule has 1 atom stereocenters. The maximum absolute atomic E-state index is 12.7. The van der Waals surface area contributed by atoms with Gasteiger partial charge in [-0.25, -0.2) is 0 Å². The molecule has 1 aliphatic heterocycles. The first-order valence-electron chi connectivity index (χ1n) is 8.51. The van der Waals surface area contributed by atoms with Gasteiger partial charge in [0, 0.05) is 24.8 Å². The third-order valence-electron chi connectivity index (χ3n) is 4.60. The molecule has 1 aliphatic rings. The summed E-state index contributed by atoms with van der Waals surface area (Å²) in [5.41, 5.74) is 7.29. The van der Waals surface area contributed by atoms with Crippen molar-refractivity contribution in [2.45, 2.75) is 25.3 Å². The Hall–Kier alpha value is -2.60. The fraction of sp³-hybridized carbons (Fsp3) is 0.368. The molecule has 3 N–H and O–H groups in total. The zero-order valence-corrected chi connectivity index (χ0v) is 14.3. The van der Waals surface area contributed by atoms with Crippen LogP contribution in [0.4, 0.5) is 0 Å². The molecule has 1 aromatic heterocycles. The van der Waals surface area contributed by atoms with Gasteiger partial charge >= 0.3 is 0 Å². The second-order valence-electron chi connectivity index (χ2n) is 6.33. The van der Waals surface area contributed by atoms with Crippen molar-refractivity contribution < 1.29 is 9.53 Å². The number of amides is 1. The Bertz CT molecular complexity index is 798. The highest BCUT2D eigenvalue weighted by Crippen LogP contribution is 2.20. The zero-order chi connectivity index (χ0) is 17.8. The molecule has 1 aromatic carbocycles. The predicted molar refractivity (Wildman–Crippen MR) is 96.8 cm³/mol. The monoisotopic (exact) mass is 341 g/mol. The smallest absolute Gasteiger partial charge is 0.261 e. The molecule has 3 rings (SSSR count). The molecule has 132 valence electrons. The van der Waals surface area contributed by atoms with Crippen LogP contribution in [0.25, 0.3) is 11.3 Å². The fourth-order valence-electron chi connectivity index (χ4n) is 3.08. The maximum Gasteiger partial charge on any atom is 0.261 e. The summed E-state index contributed by atoms with van der Waals surface area (Å²) in [4.78, 5) is 29.6. The van der Waals surface area contributed by atoms with Crippen LogP contribution in [0.2, 0.25) is 0 Å². The lowest BCUT2D eigenvalue weighted by Crippen LogP contribution is -2.36. The summed E-state index contributed by atoms with van der Waals surface area (Å²) in [5.74, 6) is 0.522. The van der Waals surface area contributed by atoms with Gasteiger partial charge in [-0.05, 0) is 61.2 Å². The summed E-state index contributed by atoms with van der Waals surface area (Å²) in [6.45, 7) is 1.24. The van der Waals surface area contributed by atoms with Crippen molar-refractivity contribution in [1.29, 1.82) is 0 Å². The van der Waals surface area contributed by atoms with E-state index in [1.54, 1.807) is 24.1 Å². The van der Waals surface area contributed by atoms with E-state index in [-0.39, 0.29) is 23.1 Å². The van der Waals surface area contributed by atoms with Gasteiger partial charge in [0.05, 0.1) is 7.11 Å². The number of hydrogen-bond donors (Lipinski definition) is 2. The first-order valence-corrected chi connectivity index (χ1v) is 8.51. The Labute approximate surface area is 146 Å². The number of rotatable bonds is 3. The summed E-state index contributed by atoms with van der Waals surface area (Å²) in [6.07, 6.45) is 2.55. The van der Waals surface area contributed by atoms with E-state index in [2.05, 4.69) is 4.98 Å². The van der Waals surface area contributed by atoms with Gasteiger partial charge in [-0.1, -0.05) is 0 Å². The van der Waals surface area contributed by atoms with Gasteiger partial charge in [-0.2, -0.15) is 0 Å². The SMILES string of the molecule is COc1ccc(-c2ccc(C(=O)N3CCC[C@@H](N)CC3)c(=O)[nH]2)cc1. The summed E-state index contributed by atoms with van der Waals surface area (Å²) >= 11 is 0. The van der Waals surface area contributed by atoms with Gasteiger partial charge in [0.1, 0.15) is 11.3 Å². The number of H-pyrrole nitrogens is 1. The Morgan fingerprint density at radius 1 is 1.16 bits per heavy atom. The van der Waals surface area contributed by atoms with E-state index < -0.39 is 0 Å². The van der Waals surface area contributed by atoms with Crippen molar-refractivity contribution in [3.05, 3.63) is 52.3 Å². The Morgan fingerprint density at radius 2 is 1.92 bits per heavy atom. The molecule has 0 saturated carbocycles. The number of carbonyl (C=O) groups excluding carboxylic acids is 1. The molecule has 2 heterocycles. The summed E-state index contributed by atoms with van der Waals surface area (Å²) < 4.78 is 5.13. The molecule has 1 amide bonds. The van der Waals surface area contributed by atoms with Crippen LogP contribution in [0.5, 0.6) is 5.75 Å². The maximum atomic E-state index is 12.7. The summed E-state index contributed by atoms with van der Waals surface area (Å²) in [7, 11) is 1.60. The number of methoxy groups -OCH3 is 1. The Kier molecular flexibility index (Phi) is 5.19. The lowest BCUT2D eigenvalue weighted by molar-refractivity contribution is 0.0759. The molecular weight excluding hydrogens is 318 g/mol. The minimum atomic E-state index is -0.369. The molecule has 0 spiro atoms. The highest BCUT2D eigenvalue weighted by molar-refractivity contribution is 5.94. The number of nitrogens with two attached hydrogens (primary N) is 1. The van der Waals surface area contributed by atoms with Crippen LogP contribution in [0.15, 0.2) is 41.2 Å². The van der Waals surface area contributed by atoms with E-state index in [0.717, 1.165) is 30.6 Å².